The molecule has 0 saturated heterocycles. The van der Waals surface area contributed by atoms with Crippen molar-refractivity contribution in [2.75, 3.05) is 17.3 Å². The lowest BCUT2D eigenvalue weighted by molar-refractivity contribution is -0.169. The number of nitrogens with zero attached hydrogens (tertiary/aromatic N) is 4. The lowest BCUT2D eigenvalue weighted by Crippen LogP contribution is -2.39. The molecule has 7 aromatic rings. The molecule has 0 radical (unpaired) electrons. The fourth-order valence-corrected chi connectivity index (χ4v) is 7.36. The monoisotopic (exact) mass is 834 g/mol. The smallest absolute Gasteiger partial charge is 0.472 e. The molecule has 60 heavy (non-hydrogen) atoms. The van der Waals surface area contributed by atoms with Crippen LogP contribution in [0.25, 0.3) is 21.8 Å². The molecule has 4 heterocycles. The minimum absolute atomic E-state index is 0.0550. The van der Waals surface area contributed by atoms with Gasteiger partial charge in [-0.25, -0.2) is 19.6 Å². The molecule has 9 rings (SSSR count). The number of aromatic nitrogens is 4. The third-order valence-electron chi connectivity index (χ3n) is 10.5. The van der Waals surface area contributed by atoms with Crippen molar-refractivity contribution in [2.45, 2.75) is 57.2 Å². The summed E-state index contributed by atoms with van der Waals surface area (Å²) in [5.74, 6) is -3.37. The van der Waals surface area contributed by atoms with Gasteiger partial charge in [-0.05, 0) is 128 Å². The minimum Gasteiger partial charge on any atom is -0.478 e. The Morgan fingerprint density at radius 2 is 1.60 bits per heavy atom. The van der Waals surface area contributed by atoms with Gasteiger partial charge in [0.2, 0.25) is 0 Å². The number of aryl methyl sites for hydroxylation is 1. The van der Waals surface area contributed by atoms with E-state index in [1.165, 1.54) is 24.4 Å². The molecule has 0 atom stereocenters. The Kier molecular flexibility index (Phi) is 10.8. The highest BCUT2D eigenvalue weighted by Crippen LogP contribution is 2.43. The number of H-pyrrole nitrogens is 1. The maximum atomic E-state index is 13.5. The fraction of sp³-hybridized carbons (Fsp3) is 0.222. The van der Waals surface area contributed by atoms with Crippen LogP contribution in [-0.2, 0) is 16.1 Å². The second-order valence-corrected chi connectivity index (χ2v) is 15.4. The zero-order chi connectivity index (χ0) is 42.3. The van der Waals surface area contributed by atoms with E-state index in [1.54, 1.807) is 24.4 Å². The maximum absolute atomic E-state index is 13.5. The average molecular weight is 835 g/mol. The van der Waals surface area contributed by atoms with Crippen molar-refractivity contribution in [1.29, 1.82) is 0 Å². The number of ether oxygens (including phenoxy) is 1. The van der Waals surface area contributed by atoms with Crippen LogP contribution >= 0.6 is 11.6 Å². The predicted molar refractivity (Wildman–Crippen MR) is 223 cm³/mol. The van der Waals surface area contributed by atoms with Crippen LogP contribution in [0.1, 0.15) is 80.6 Å². The first-order valence-electron chi connectivity index (χ1n) is 19.2. The highest BCUT2D eigenvalue weighted by molar-refractivity contribution is 6.31. The molecule has 0 aliphatic heterocycles. The van der Waals surface area contributed by atoms with Crippen LogP contribution in [0.4, 0.5) is 36.2 Å². The molecule has 0 bridgehead atoms. The number of halogens is 4. The number of rotatable bonds is 10. The molecule has 3 aromatic carbocycles. The van der Waals surface area contributed by atoms with E-state index in [4.69, 9.17) is 16.3 Å². The molecule has 2 aliphatic carbocycles. The Balaban J connectivity index is 0.000000166. The summed E-state index contributed by atoms with van der Waals surface area (Å²) in [5, 5.41) is 15.2. The second kappa shape index (κ2) is 16.2. The number of aromatic carboxylic acids is 1. The number of esters is 1. The van der Waals surface area contributed by atoms with Crippen molar-refractivity contribution in [3.05, 3.63) is 142 Å². The van der Waals surface area contributed by atoms with Crippen molar-refractivity contribution in [3.8, 4) is 0 Å². The molecule has 3 N–H and O–H groups in total. The number of hydrogen-bond donors (Lipinski definition) is 3. The van der Waals surface area contributed by atoms with Crippen molar-refractivity contribution in [3.63, 3.8) is 0 Å². The number of fused-ring (bicyclic) bond motifs is 2. The highest BCUT2D eigenvalue weighted by Gasteiger charge is 2.45. The van der Waals surface area contributed by atoms with Crippen molar-refractivity contribution < 1.29 is 37.4 Å². The highest BCUT2D eigenvalue weighted by atomic mass is 35.5. The SMILES string of the molecule is COC(=O)c1cc(C2CC2)cnc1N(C(=O)C(F)(F)F)c1ccc2[nH]c(C)cc2c1.O=C(O)c1cc(C2CC2)cnc1Nc1ccc2c(ccn2Cc2ccccc2Cl)c1. The lowest BCUT2D eigenvalue weighted by Gasteiger charge is -2.25. The maximum Gasteiger partial charge on any atom is 0.472 e. The first kappa shape index (κ1) is 40.1. The van der Waals surface area contributed by atoms with Gasteiger partial charge < -0.3 is 24.7 Å². The number of methoxy groups -OCH3 is 1. The van der Waals surface area contributed by atoms with Crippen molar-refractivity contribution in [2.24, 2.45) is 0 Å². The number of benzene rings is 3. The number of amides is 1. The molecule has 0 unspecified atom stereocenters. The first-order valence-corrected chi connectivity index (χ1v) is 19.6. The van der Waals surface area contributed by atoms with Gasteiger partial charge in [-0.2, -0.15) is 13.2 Å². The van der Waals surface area contributed by atoms with Gasteiger partial charge in [0.1, 0.15) is 16.9 Å². The topological polar surface area (TPSA) is 142 Å². The van der Waals surface area contributed by atoms with Crippen molar-refractivity contribution in [1.82, 2.24) is 19.5 Å². The summed E-state index contributed by atoms with van der Waals surface area (Å²) in [5.41, 5.74) is 6.16. The van der Waals surface area contributed by atoms with Gasteiger partial charge in [0.15, 0.2) is 5.82 Å². The number of hydrogen-bond acceptors (Lipinski definition) is 7. The van der Waals surface area contributed by atoms with Crippen LogP contribution in [0.5, 0.6) is 0 Å². The quantitative estimate of drug-likeness (QED) is 0.116. The predicted octanol–water partition coefficient (Wildman–Crippen LogP) is 10.8. The number of carboxylic acid groups (broad SMARTS) is 1. The molecule has 1 amide bonds. The van der Waals surface area contributed by atoms with Gasteiger partial charge in [-0.1, -0.05) is 29.8 Å². The largest absolute Gasteiger partial charge is 0.478 e. The van der Waals surface area contributed by atoms with E-state index in [2.05, 4.69) is 24.8 Å². The third-order valence-corrected chi connectivity index (χ3v) is 10.9. The Morgan fingerprint density at radius 1 is 0.900 bits per heavy atom. The number of alkyl halides is 3. The summed E-state index contributed by atoms with van der Waals surface area (Å²) >= 11 is 6.30. The lowest BCUT2D eigenvalue weighted by atomic mass is 10.1. The summed E-state index contributed by atoms with van der Waals surface area (Å²) in [4.78, 5) is 48.5. The van der Waals surface area contributed by atoms with Crippen LogP contribution in [0.3, 0.4) is 0 Å². The molecule has 306 valence electrons. The van der Waals surface area contributed by atoms with E-state index in [9.17, 15) is 32.7 Å². The summed E-state index contributed by atoms with van der Waals surface area (Å²) in [6.45, 7) is 2.50. The van der Waals surface area contributed by atoms with Gasteiger partial charge >= 0.3 is 24.0 Å². The van der Waals surface area contributed by atoms with Crippen LogP contribution in [0.2, 0.25) is 5.02 Å². The normalized spacial score (nSPS) is 13.8. The standard InChI is InChI=1S/C24H20ClN3O2.C21H18F3N3O3/c25-21-4-2-1-3-17(21)14-28-10-9-16-11-19(7-8-22(16)28)27-23-20(24(29)30)12-18(13-26-23)15-5-6-15;1-11-7-13-8-15(5-6-17(13)26-11)27(20(29)21(22,23)24)18-16(19(28)30-2)9-14(10-25-18)12-3-4-12/h1-4,7-13,15H,5-6,14H2,(H,26,27)(H,29,30);5-10,12,26H,3-4H2,1-2H3. The average Bonchev–Trinajstić information content (AvgIpc) is 4.17. The van der Waals surface area contributed by atoms with E-state index in [1.807, 2.05) is 61.7 Å². The van der Waals surface area contributed by atoms with E-state index < -0.39 is 29.8 Å². The fourth-order valence-electron chi connectivity index (χ4n) is 7.16. The van der Waals surface area contributed by atoms with E-state index in [-0.39, 0.29) is 22.7 Å². The number of nitrogens with one attached hydrogen (secondary N) is 2. The van der Waals surface area contributed by atoms with Crippen LogP contribution in [0, 0.1) is 6.92 Å². The number of carboxylic acids is 1. The van der Waals surface area contributed by atoms with Crippen LogP contribution < -0.4 is 10.2 Å². The summed E-state index contributed by atoms with van der Waals surface area (Å²) < 4.78 is 47.3. The first-order chi connectivity index (χ1) is 28.8. The molecule has 4 aromatic heterocycles. The summed E-state index contributed by atoms with van der Waals surface area (Å²) in [7, 11) is 1.13. The molecule has 2 saturated carbocycles. The van der Waals surface area contributed by atoms with Gasteiger partial charge in [0.05, 0.1) is 12.8 Å². The molecule has 2 aliphatic rings. The molecule has 0 spiro atoms. The Morgan fingerprint density at radius 3 is 2.27 bits per heavy atom. The minimum atomic E-state index is -5.17. The molecule has 15 heteroatoms. The molecule has 11 nitrogen and oxygen atoms in total. The van der Waals surface area contributed by atoms with E-state index >= 15 is 0 Å². The third kappa shape index (κ3) is 8.55. The van der Waals surface area contributed by atoms with Crippen LogP contribution in [0.15, 0.2) is 104 Å². The molecule has 2 fully saturated rings. The van der Waals surface area contributed by atoms with E-state index in [0.717, 1.165) is 76.8 Å². The second-order valence-electron chi connectivity index (χ2n) is 14.9. The summed E-state index contributed by atoms with van der Waals surface area (Å²) in [6.07, 6.45) is 4.09. The van der Waals surface area contributed by atoms with Crippen LogP contribution in [-0.4, -0.2) is 55.8 Å². The van der Waals surface area contributed by atoms with E-state index in [0.29, 0.717) is 34.1 Å². The number of carbonyl (C=O) groups excluding carboxylic acids is 2. The van der Waals surface area contributed by atoms with Crippen molar-refractivity contribution >= 4 is 74.3 Å². The molecular formula is C45H38ClF3N6O5. The number of pyridine rings is 2. The Hall–Kier alpha value is -6.67. The zero-order valence-corrected chi connectivity index (χ0v) is 33.1. The summed E-state index contributed by atoms with van der Waals surface area (Å²) in [6, 6.07) is 25.2. The number of carbonyl (C=O) groups is 3. The Bertz CT molecular complexity index is 2790. The van der Waals surface area contributed by atoms with Gasteiger partial charge in [0.25, 0.3) is 0 Å². The number of anilines is 4. The van der Waals surface area contributed by atoms with Gasteiger partial charge in [-0.15, -0.1) is 0 Å². The van der Waals surface area contributed by atoms with Gasteiger partial charge in [-0.3, -0.25) is 9.69 Å². The Labute approximate surface area is 346 Å². The van der Waals surface area contributed by atoms with Gasteiger partial charge in [0, 0.05) is 63.3 Å². The number of aromatic amines is 1. The zero-order valence-electron chi connectivity index (χ0n) is 32.4. The molecular weight excluding hydrogens is 797 g/mol.